The van der Waals surface area contributed by atoms with E-state index in [0.29, 0.717) is 0 Å². The maximum absolute atomic E-state index is 13.1. The molecule has 1 spiro atoms. The van der Waals surface area contributed by atoms with Gasteiger partial charge in [0.15, 0.2) is 0 Å². The van der Waals surface area contributed by atoms with Gasteiger partial charge in [-0.25, -0.2) is 4.79 Å². The first-order chi connectivity index (χ1) is 15.4. The predicted molar refractivity (Wildman–Crippen MR) is 131 cm³/mol. The molecule has 1 N–H and O–H groups in total. The number of carbonyl (C=O) groups is 1. The second kappa shape index (κ2) is 7.73. The number of carbonyl (C=O) groups excluding carboxylic acids is 1. The Morgan fingerprint density at radius 3 is 2.41 bits per heavy atom. The molecule has 2 aliphatic rings. The van der Waals surface area contributed by atoms with Gasteiger partial charge in [-0.2, -0.15) is 0 Å². The second-order valence-electron chi connectivity index (χ2n) is 9.27. The van der Waals surface area contributed by atoms with E-state index in [1.165, 1.54) is 28.2 Å². The summed E-state index contributed by atoms with van der Waals surface area (Å²) in [4.78, 5) is 17.6. The van der Waals surface area contributed by atoms with Gasteiger partial charge in [0.1, 0.15) is 0 Å². The summed E-state index contributed by atoms with van der Waals surface area (Å²) in [6.45, 7) is 10.9. The SMILES string of the molecule is CCN1c2cc(C)ccc2-n2cccc2C12CCN(C(=O)Nc1ccc(C)cc1C)CC2. The van der Waals surface area contributed by atoms with Gasteiger partial charge in [0.25, 0.3) is 0 Å². The Morgan fingerprint density at radius 2 is 1.69 bits per heavy atom. The second-order valence-corrected chi connectivity index (χ2v) is 9.27. The number of aryl methyl sites for hydroxylation is 3. The Labute approximate surface area is 190 Å². The van der Waals surface area contributed by atoms with Crippen molar-refractivity contribution in [2.75, 3.05) is 29.9 Å². The van der Waals surface area contributed by atoms with E-state index in [2.05, 4.69) is 78.2 Å². The monoisotopic (exact) mass is 428 g/mol. The van der Waals surface area contributed by atoms with Crippen molar-refractivity contribution >= 4 is 17.4 Å². The minimum atomic E-state index is -0.0877. The lowest BCUT2D eigenvalue weighted by atomic mass is 9.80. The van der Waals surface area contributed by atoms with Crippen LogP contribution in [0.25, 0.3) is 5.69 Å². The van der Waals surface area contributed by atoms with Crippen molar-refractivity contribution in [3.05, 3.63) is 77.1 Å². The highest BCUT2D eigenvalue weighted by Gasteiger charge is 2.46. The third-order valence-corrected chi connectivity index (χ3v) is 7.24. The molecular weight excluding hydrogens is 396 g/mol. The van der Waals surface area contributed by atoms with E-state index in [0.717, 1.165) is 43.7 Å². The van der Waals surface area contributed by atoms with Crippen LogP contribution < -0.4 is 10.2 Å². The molecule has 0 bridgehead atoms. The molecule has 2 aromatic carbocycles. The number of rotatable bonds is 2. The molecule has 0 saturated carbocycles. The number of fused-ring (bicyclic) bond motifs is 4. The first-order valence-corrected chi connectivity index (χ1v) is 11.6. The average molecular weight is 429 g/mol. The number of piperidine rings is 1. The van der Waals surface area contributed by atoms with E-state index in [9.17, 15) is 4.79 Å². The normalized spacial score (nSPS) is 16.6. The number of hydrogen-bond donors (Lipinski definition) is 1. The van der Waals surface area contributed by atoms with E-state index >= 15 is 0 Å². The van der Waals surface area contributed by atoms with Crippen LogP contribution in [0.5, 0.6) is 0 Å². The van der Waals surface area contributed by atoms with Gasteiger partial charge in [-0.05, 0) is 82.0 Å². The topological polar surface area (TPSA) is 40.5 Å². The minimum absolute atomic E-state index is 0.00251. The summed E-state index contributed by atoms with van der Waals surface area (Å²) >= 11 is 0. The molecule has 1 aromatic heterocycles. The van der Waals surface area contributed by atoms with E-state index in [1.54, 1.807) is 0 Å². The summed E-state index contributed by atoms with van der Waals surface area (Å²) in [5.74, 6) is 0. The van der Waals surface area contributed by atoms with Crippen LogP contribution in [0.2, 0.25) is 0 Å². The average Bonchev–Trinajstić information content (AvgIpc) is 3.27. The van der Waals surface area contributed by atoms with Crippen molar-refractivity contribution in [2.45, 2.75) is 46.1 Å². The lowest BCUT2D eigenvalue weighted by molar-refractivity contribution is 0.160. The smallest absolute Gasteiger partial charge is 0.321 e. The maximum Gasteiger partial charge on any atom is 0.321 e. The molecule has 2 aliphatic heterocycles. The summed E-state index contributed by atoms with van der Waals surface area (Å²) < 4.78 is 2.35. The zero-order valence-corrected chi connectivity index (χ0v) is 19.5. The van der Waals surface area contributed by atoms with Gasteiger partial charge >= 0.3 is 6.03 Å². The standard InChI is InChI=1S/C27H32N4O/c1-5-31-24-18-20(3)9-11-23(24)30-14-6-7-25(30)27(31)12-15-29(16-13-27)26(32)28-22-10-8-19(2)17-21(22)4/h6-11,14,17-18H,5,12-13,15-16H2,1-4H3,(H,28,32). The number of nitrogens with zero attached hydrogens (tertiary/aromatic N) is 3. The number of benzene rings is 2. The zero-order valence-electron chi connectivity index (χ0n) is 19.5. The van der Waals surface area contributed by atoms with Crippen LogP contribution in [0.3, 0.4) is 0 Å². The molecule has 0 radical (unpaired) electrons. The van der Waals surface area contributed by atoms with Gasteiger partial charge in [-0.15, -0.1) is 0 Å². The zero-order chi connectivity index (χ0) is 22.5. The van der Waals surface area contributed by atoms with Gasteiger partial charge in [-0.1, -0.05) is 23.8 Å². The number of aromatic nitrogens is 1. The largest absolute Gasteiger partial charge is 0.359 e. The Balaban J connectivity index is 1.41. The molecule has 2 amide bonds. The fraction of sp³-hybridized carbons (Fsp3) is 0.370. The van der Waals surface area contributed by atoms with Crippen molar-refractivity contribution in [1.29, 1.82) is 0 Å². The predicted octanol–water partition coefficient (Wildman–Crippen LogP) is 5.77. The molecule has 5 rings (SSSR count). The molecule has 1 saturated heterocycles. The highest BCUT2D eigenvalue weighted by molar-refractivity contribution is 5.90. The summed E-state index contributed by atoms with van der Waals surface area (Å²) in [6, 6.07) is 17.3. The molecule has 1 fully saturated rings. The van der Waals surface area contributed by atoms with Crippen molar-refractivity contribution in [3.8, 4) is 5.69 Å². The van der Waals surface area contributed by atoms with Crippen molar-refractivity contribution in [1.82, 2.24) is 9.47 Å². The van der Waals surface area contributed by atoms with Crippen LogP contribution in [0.1, 0.15) is 42.1 Å². The minimum Gasteiger partial charge on any atom is -0.359 e. The maximum atomic E-state index is 13.1. The third-order valence-electron chi connectivity index (χ3n) is 7.24. The Kier molecular flexibility index (Phi) is 5.00. The van der Waals surface area contributed by atoms with Crippen LogP contribution in [-0.2, 0) is 5.54 Å². The first-order valence-electron chi connectivity index (χ1n) is 11.6. The van der Waals surface area contributed by atoms with Crippen molar-refractivity contribution < 1.29 is 4.79 Å². The fourth-order valence-electron chi connectivity index (χ4n) is 5.62. The molecular formula is C27H32N4O. The molecule has 0 unspecified atom stereocenters. The number of amides is 2. The summed E-state index contributed by atoms with van der Waals surface area (Å²) in [7, 11) is 0. The van der Waals surface area contributed by atoms with Crippen LogP contribution in [0.15, 0.2) is 54.7 Å². The molecule has 5 nitrogen and oxygen atoms in total. The van der Waals surface area contributed by atoms with Gasteiger partial charge in [0.2, 0.25) is 0 Å². The van der Waals surface area contributed by atoms with Crippen LogP contribution in [-0.4, -0.2) is 35.1 Å². The fourth-order valence-corrected chi connectivity index (χ4v) is 5.62. The third kappa shape index (κ3) is 3.19. The molecule has 3 aromatic rings. The number of hydrogen-bond acceptors (Lipinski definition) is 2. The van der Waals surface area contributed by atoms with Gasteiger partial charge < -0.3 is 19.7 Å². The quantitative estimate of drug-likeness (QED) is 0.563. The Morgan fingerprint density at radius 1 is 0.969 bits per heavy atom. The molecule has 0 atom stereocenters. The summed E-state index contributed by atoms with van der Waals surface area (Å²) in [6.07, 6.45) is 4.01. The number of nitrogens with one attached hydrogen (secondary N) is 1. The van der Waals surface area contributed by atoms with Crippen LogP contribution >= 0.6 is 0 Å². The van der Waals surface area contributed by atoms with Crippen LogP contribution in [0, 0.1) is 20.8 Å². The first kappa shape index (κ1) is 20.7. The highest BCUT2D eigenvalue weighted by atomic mass is 16.2. The van der Waals surface area contributed by atoms with Gasteiger partial charge in [0, 0.05) is 37.2 Å². The van der Waals surface area contributed by atoms with E-state index in [4.69, 9.17) is 0 Å². The number of likely N-dealkylation sites (tertiary alicyclic amines) is 1. The number of urea groups is 1. The molecule has 0 aliphatic carbocycles. The summed E-state index contributed by atoms with van der Waals surface area (Å²) in [5.41, 5.74) is 8.27. The van der Waals surface area contributed by atoms with E-state index < -0.39 is 0 Å². The highest BCUT2D eigenvalue weighted by Crippen LogP contribution is 2.48. The molecule has 32 heavy (non-hydrogen) atoms. The Hall–Kier alpha value is -3.21. The lowest BCUT2D eigenvalue weighted by Gasteiger charge is -2.53. The molecule has 166 valence electrons. The molecule has 5 heteroatoms. The van der Waals surface area contributed by atoms with Crippen LogP contribution in [0.4, 0.5) is 16.2 Å². The van der Waals surface area contributed by atoms with Gasteiger partial charge in [-0.3, -0.25) is 0 Å². The van der Waals surface area contributed by atoms with Gasteiger partial charge in [0.05, 0.1) is 16.9 Å². The van der Waals surface area contributed by atoms with Crippen molar-refractivity contribution in [2.24, 2.45) is 0 Å². The Bertz CT molecular complexity index is 1170. The van der Waals surface area contributed by atoms with Crippen molar-refractivity contribution in [3.63, 3.8) is 0 Å². The lowest BCUT2D eigenvalue weighted by Crippen LogP contribution is -2.57. The van der Waals surface area contributed by atoms with E-state index in [-0.39, 0.29) is 11.6 Å². The van der Waals surface area contributed by atoms with E-state index in [1.807, 2.05) is 24.0 Å². The number of anilines is 2. The molecule has 3 heterocycles. The summed E-state index contributed by atoms with van der Waals surface area (Å²) in [5, 5.41) is 3.13.